The van der Waals surface area contributed by atoms with Crippen LogP contribution in [0.1, 0.15) is 37.1 Å². The summed E-state index contributed by atoms with van der Waals surface area (Å²) >= 11 is 0. The van der Waals surface area contributed by atoms with Crippen LogP contribution in [0.5, 0.6) is 0 Å². The molecule has 2 heteroatoms. The van der Waals surface area contributed by atoms with Gasteiger partial charge in [0.25, 0.3) is 0 Å². The third-order valence-electron chi connectivity index (χ3n) is 3.59. The lowest BCUT2D eigenvalue weighted by Crippen LogP contribution is -2.28. The molecule has 1 aromatic carbocycles. The van der Waals surface area contributed by atoms with Gasteiger partial charge in [0.05, 0.1) is 0 Å². The number of benzene rings is 1. The zero-order chi connectivity index (χ0) is 11.3. The standard InChI is InChI=1S/C14H18N2/c1-14(2,15)9-6-7-13-11(8-9)10-4-3-5-12(10)16-13/h6-8,16H,3-5,15H2,1-2H3. The van der Waals surface area contributed by atoms with E-state index >= 15 is 0 Å². The van der Waals surface area contributed by atoms with E-state index in [2.05, 4.69) is 37.0 Å². The summed E-state index contributed by atoms with van der Waals surface area (Å²) in [4.78, 5) is 3.51. The van der Waals surface area contributed by atoms with Crippen molar-refractivity contribution in [3.63, 3.8) is 0 Å². The minimum atomic E-state index is -0.253. The largest absolute Gasteiger partial charge is 0.358 e. The Morgan fingerprint density at radius 2 is 2.06 bits per heavy atom. The second-order valence-corrected chi connectivity index (χ2v) is 5.42. The van der Waals surface area contributed by atoms with Crippen LogP contribution in [0.25, 0.3) is 10.9 Å². The summed E-state index contributed by atoms with van der Waals surface area (Å²) in [5.74, 6) is 0. The van der Waals surface area contributed by atoms with E-state index in [1.54, 1.807) is 0 Å². The predicted molar refractivity (Wildman–Crippen MR) is 67.5 cm³/mol. The molecule has 0 saturated heterocycles. The van der Waals surface area contributed by atoms with Crippen LogP contribution in [-0.2, 0) is 18.4 Å². The lowest BCUT2D eigenvalue weighted by molar-refractivity contribution is 0.555. The van der Waals surface area contributed by atoms with Gasteiger partial charge in [0.2, 0.25) is 0 Å². The van der Waals surface area contributed by atoms with Gasteiger partial charge in [-0.2, -0.15) is 0 Å². The summed E-state index contributed by atoms with van der Waals surface area (Å²) in [6, 6.07) is 6.56. The van der Waals surface area contributed by atoms with Gasteiger partial charge in [-0.3, -0.25) is 0 Å². The van der Waals surface area contributed by atoms with Gasteiger partial charge in [0.1, 0.15) is 0 Å². The van der Waals surface area contributed by atoms with E-state index in [1.165, 1.54) is 47.0 Å². The third-order valence-corrected chi connectivity index (χ3v) is 3.59. The number of hydrogen-bond donors (Lipinski definition) is 2. The molecule has 1 aliphatic rings. The molecule has 0 fully saturated rings. The van der Waals surface area contributed by atoms with Crippen molar-refractivity contribution in [2.75, 3.05) is 0 Å². The molecule has 2 nitrogen and oxygen atoms in total. The Labute approximate surface area is 95.8 Å². The Bertz CT molecular complexity index is 544. The second kappa shape index (κ2) is 3.11. The van der Waals surface area contributed by atoms with Crippen molar-refractivity contribution >= 4 is 10.9 Å². The highest BCUT2D eigenvalue weighted by Crippen LogP contribution is 2.32. The van der Waals surface area contributed by atoms with Crippen molar-refractivity contribution in [1.82, 2.24) is 4.98 Å². The molecule has 0 atom stereocenters. The van der Waals surface area contributed by atoms with Crippen molar-refractivity contribution in [3.05, 3.63) is 35.0 Å². The van der Waals surface area contributed by atoms with Gasteiger partial charge < -0.3 is 10.7 Å². The van der Waals surface area contributed by atoms with Gasteiger partial charge in [0.15, 0.2) is 0 Å². The Balaban J connectivity index is 2.24. The molecule has 16 heavy (non-hydrogen) atoms. The number of hydrogen-bond acceptors (Lipinski definition) is 1. The molecule has 0 spiro atoms. The first-order chi connectivity index (χ1) is 7.55. The maximum atomic E-state index is 6.15. The number of nitrogens with one attached hydrogen (secondary N) is 1. The fourth-order valence-electron chi connectivity index (χ4n) is 2.65. The van der Waals surface area contributed by atoms with E-state index in [-0.39, 0.29) is 5.54 Å². The minimum Gasteiger partial charge on any atom is -0.358 e. The molecule has 0 amide bonds. The van der Waals surface area contributed by atoms with E-state index < -0.39 is 0 Å². The topological polar surface area (TPSA) is 41.8 Å². The number of fused-ring (bicyclic) bond motifs is 3. The fraction of sp³-hybridized carbons (Fsp3) is 0.429. The Morgan fingerprint density at radius 1 is 1.25 bits per heavy atom. The van der Waals surface area contributed by atoms with Gasteiger partial charge in [-0.15, -0.1) is 0 Å². The zero-order valence-electron chi connectivity index (χ0n) is 9.93. The smallest absolute Gasteiger partial charge is 0.0459 e. The van der Waals surface area contributed by atoms with Crippen molar-refractivity contribution in [2.24, 2.45) is 5.73 Å². The molecule has 0 saturated carbocycles. The molecular formula is C14H18N2. The molecule has 0 aliphatic heterocycles. The lowest BCUT2D eigenvalue weighted by atomic mass is 9.94. The number of aryl methyl sites for hydroxylation is 2. The maximum Gasteiger partial charge on any atom is 0.0459 e. The van der Waals surface area contributed by atoms with Crippen LogP contribution in [0.3, 0.4) is 0 Å². The Hall–Kier alpha value is -1.28. The van der Waals surface area contributed by atoms with Crippen molar-refractivity contribution in [3.8, 4) is 0 Å². The second-order valence-electron chi connectivity index (χ2n) is 5.42. The van der Waals surface area contributed by atoms with Gasteiger partial charge >= 0.3 is 0 Å². The number of H-pyrrole nitrogens is 1. The molecule has 0 unspecified atom stereocenters. The highest BCUT2D eigenvalue weighted by atomic mass is 14.7. The van der Waals surface area contributed by atoms with Gasteiger partial charge in [-0.1, -0.05) is 6.07 Å². The van der Waals surface area contributed by atoms with Gasteiger partial charge in [-0.05, 0) is 56.4 Å². The summed E-state index contributed by atoms with van der Waals surface area (Å²) < 4.78 is 0. The molecule has 2 aromatic rings. The fourth-order valence-corrected chi connectivity index (χ4v) is 2.65. The van der Waals surface area contributed by atoms with Crippen LogP contribution in [-0.4, -0.2) is 4.98 Å². The molecule has 3 rings (SSSR count). The Morgan fingerprint density at radius 3 is 2.81 bits per heavy atom. The van der Waals surface area contributed by atoms with Crippen LogP contribution in [0.4, 0.5) is 0 Å². The summed E-state index contributed by atoms with van der Waals surface area (Å²) in [6.07, 6.45) is 3.70. The first-order valence-corrected chi connectivity index (χ1v) is 5.98. The lowest BCUT2D eigenvalue weighted by Gasteiger charge is -2.19. The molecular weight excluding hydrogens is 196 g/mol. The van der Waals surface area contributed by atoms with Crippen LogP contribution in [0.15, 0.2) is 18.2 Å². The highest BCUT2D eigenvalue weighted by Gasteiger charge is 2.19. The molecule has 1 aromatic heterocycles. The first-order valence-electron chi connectivity index (χ1n) is 5.98. The van der Waals surface area contributed by atoms with E-state index in [1.807, 2.05) is 0 Å². The maximum absolute atomic E-state index is 6.15. The molecule has 0 radical (unpaired) electrons. The summed E-state index contributed by atoms with van der Waals surface area (Å²) in [5, 5.41) is 1.38. The predicted octanol–water partition coefficient (Wildman–Crippen LogP) is 2.85. The average Bonchev–Trinajstić information content (AvgIpc) is 2.74. The highest BCUT2D eigenvalue weighted by molar-refractivity contribution is 5.86. The monoisotopic (exact) mass is 214 g/mol. The van der Waals surface area contributed by atoms with Crippen LogP contribution in [0.2, 0.25) is 0 Å². The van der Waals surface area contributed by atoms with Crippen LogP contribution in [0, 0.1) is 0 Å². The van der Waals surface area contributed by atoms with Crippen molar-refractivity contribution < 1.29 is 0 Å². The molecule has 0 bridgehead atoms. The third kappa shape index (κ3) is 1.37. The van der Waals surface area contributed by atoms with Crippen molar-refractivity contribution in [2.45, 2.75) is 38.6 Å². The number of rotatable bonds is 1. The first kappa shape index (κ1) is 9.91. The molecule has 1 aliphatic carbocycles. The van der Waals surface area contributed by atoms with Crippen LogP contribution >= 0.6 is 0 Å². The summed E-state index contributed by atoms with van der Waals surface area (Å²) in [6.45, 7) is 4.11. The summed E-state index contributed by atoms with van der Waals surface area (Å²) in [5.41, 5.74) is 11.3. The van der Waals surface area contributed by atoms with Gasteiger partial charge in [-0.25, -0.2) is 0 Å². The average molecular weight is 214 g/mol. The van der Waals surface area contributed by atoms with Crippen LogP contribution < -0.4 is 5.73 Å². The quantitative estimate of drug-likeness (QED) is 0.753. The minimum absolute atomic E-state index is 0.253. The number of aromatic amines is 1. The van der Waals surface area contributed by atoms with E-state index in [4.69, 9.17) is 5.73 Å². The Kier molecular flexibility index (Phi) is 1.93. The van der Waals surface area contributed by atoms with E-state index in [0.717, 1.165) is 0 Å². The number of nitrogens with two attached hydrogens (primary N) is 1. The normalized spacial score (nSPS) is 15.7. The molecule has 1 heterocycles. The molecule has 3 N–H and O–H groups in total. The van der Waals surface area contributed by atoms with Crippen molar-refractivity contribution in [1.29, 1.82) is 0 Å². The van der Waals surface area contributed by atoms with E-state index in [9.17, 15) is 0 Å². The SMILES string of the molecule is CC(C)(N)c1ccc2[nH]c3c(c2c1)CCC3. The molecule has 84 valence electrons. The van der Waals surface area contributed by atoms with E-state index in [0.29, 0.717) is 0 Å². The van der Waals surface area contributed by atoms with Gasteiger partial charge in [0, 0.05) is 22.1 Å². The number of aromatic nitrogens is 1. The zero-order valence-corrected chi connectivity index (χ0v) is 9.93. The summed E-state index contributed by atoms with van der Waals surface area (Å²) in [7, 11) is 0.